The fourth-order valence-corrected chi connectivity index (χ4v) is 3.14. The molecule has 1 saturated heterocycles. The van der Waals surface area contributed by atoms with Gasteiger partial charge in [-0.15, -0.1) is 0 Å². The van der Waals surface area contributed by atoms with Crippen molar-refractivity contribution in [1.29, 1.82) is 0 Å². The quantitative estimate of drug-likeness (QED) is 0.781. The van der Waals surface area contributed by atoms with E-state index < -0.39 is 17.9 Å². The van der Waals surface area contributed by atoms with Gasteiger partial charge in [0, 0.05) is 13.1 Å². The van der Waals surface area contributed by atoms with Gasteiger partial charge in [-0.3, -0.25) is 9.48 Å². The van der Waals surface area contributed by atoms with Crippen LogP contribution >= 0.6 is 15.9 Å². The van der Waals surface area contributed by atoms with Gasteiger partial charge >= 0.3 is 6.18 Å². The lowest BCUT2D eigenvalue weighted by Gasteiger charge is -2.32. The average Bonchev–Trinajstić information content (AvgIpc) is 2.74. The Hall–Kier alpha value is -1.05. The molecule has 2 rings (SSSR count). The molecule has 4 nitrogen and oxygen atoms in total. The van der Waals surface area contributed by atoms with E-state index in [4.69, 9.17) is 0 Å². The Morgan fingerprint density at radius 2 is 1.91 bits per heavy atom. The van der Waals surface area contributed by atoms with E-state index in [-0.39, 0.29) is 10.4 Å². The number of halogens is 4. The maximum Gasteiger partial charge on any atom is 0.436 e. The fraction of sp³-hybridized carbons (Fsp3) is 0.714. The van der Waals surface area contributed by atoms with Crippen LogP contribution in [0.5, 0.6) is 0 Å². The smallest absolute Gasteiger partial charge is 0.341 e. The lowest BCUT2D eigenvalue weighted by atomic mass is 9.99. The number of carbonyl (C=O) groups is 1. The van der Waals surface area contributed by atoms with Gasteiger partial charge < -0.3 is 4.90 Å². The molecule has 1 fully saturated rings. The molecule has 8 heteroatoms. The normalized spacial score (nSPS) is 18.6. The van der Waals surface area contributed by atoms with Gasteiger partial charge in [-0.2, -0.15) is 18.3 Å². The third kappa shape index (κ3) is 3.31. The summed E-state index contributed by atoms with van der Waals surface area (Å²) in [4.78, 5) is 14.2. The highest BCUT2D eigenvalue weighted by molar-refractivity contribution is 9.10. The minimum Gasteiger partial charge on any atom is -0.341 e. The van der Waals surface area contributed by atoms with Gasteiger partial charge in [-0.1, -0.05) is 6.92 Å². The van der Waals surface area contributed by atoms with Crippen LogP contribution in [0.4, 0.5) is 13.2 Å². The molecule has 0 N–H and O–H groups in total. The maximum atomic E-state index is 12.9. The van der Waals surface area contributed by atoms with E-state index in [0.717, 1.165) is 17.5 Å². The van der Waals surface area contributed by atoms with E-state index >= 15 is 0 Å². The molecule has 1 unspecified atom stereocenters. The van der Waals surface area contributed by atoms with Crippen molar-refractivity contribution in [2.45, 2.75) is 45.8 Å². The van der Waals surface area contributed by atoms with E-state index in [1.165, 1.54) is 6.92 Å². The second kappa shape index (κ2) is 6.22. The number of aromatic nitrogens is 2. The summed E-state index contributed by atoms with van der Waals surface area (Å²) in [6, 6.07) is -0.749. The van der Waals surface area contributed by atoms with Gasteiger partial charge in [0.2, 0.25) is 5.91 Å². The van der Waals surface area contributed by atoms with Crippen LogP contribution in [0.2, 0.25) is 0 Å². The van der Waals surface area contributed by atoms with Crippen LogP contribution in [-0.4, -0.2) is 33.7 Å². The van der Waals surface area contributed by atoms with Crippen LogP contribution in [0.15, 0.2) is 4.47 Å². The molecule has 1 aromatic rings. The third-order valence-electron chi connectivity index (χ3n) is 4.16. The molecule has 1 aliphatic rings. The molecule has 1 amide bonds. The fourth-order valence-electron chi connectivity index (χ4n) is 2.65. The summed E-state index contributed by atoms with van der Waals surface area (Å²) in [6.45, 7) is 6.55. The molecule has 0 radical (unpaired) electrons. The number of likely N-dealkylation sites (tertiary alicyclic amines) is 1. The van der Waals surface area contributed by atoms with Crippen molar-refractivity contribution < 1.29 is 18.0 Å². The number of rotatable bonds is 2. The molecule has 1 atom stereocenters. The van der Waals surface area contributed by atoms with Crippen molar-refractivity contribution in [3.63, 3.8) is 0 Å². The molecule has 0 bridgehead atoms. The molecular weight excluding hydrogens is 363 g/mol. The Morgan fingerprint density at radius 1 is 1.36 bits per heavy atom. The van der Waals surface area contributed by atoms with Crippen LogP contribution in [-0.2, 0) is 11.0 Å². The molecule has 1 aliphatic heterocycles. The molecule has 0 spiro atoms. The Balaban J connectivity index is 2.22. The summed E-state index contributed by atoms with van der Waals surface area (Å²) >= 11 is 2.93. The lowest BCUT2D eigenvalue weighted by Crippen LogP contribution is -2.41. The van der Waals surface area contributed by atoms with Crippen LogP contribution in [0.1, 0.15) is 44.1 Å². The first kappa shape index (κ1) is 17.3. The highest BCUT2D eigenvalue weighted by Crippen LogP contribution is 2.36. The number of piperidine rings is 1. The zero-order chi connectivity index (χ0) is 16.7. The van der Waals surface area contributed by atoms with Crippen molar-refractivity contribution in [3.8, 4) is 0 Å². The molecule has 0 aliphatic carbocycles. The third-order valence-corrected chi connectivity index (χ3v) is 5.11. The highest BCUT2D eigenvalue weighted by atomic mass is 79.9. The van der Waals surface area contributed by atoms with Crippen molar-refractivity contribution in [2.24, 2.45) is 5.92 Å². The Labute approximate surface area is 135 Å². The molecule has 2 heterocycles. The van der Waals surface area contributed by atoms with Crippen LogP contribution in [0.3, 0.4) is 0 Å². The Morgan fingerprint density at radius 3 is 2.36 bits per heavy atom. The monoisotopic (exact) mass is 381 g/mol. The molecule has 0 aromatic carbocycles. The van der Waals surface area contributed by atoms with Crippen LogP contribution in [0.25, 0.3) is 0 Å². The van der Waals surface area contributed by atoms with E-state index in [9.17, 15) is 18.0 Å². The topological polar surface area (TPSA) is 38.1 Å². The van der Waals surface area contributed by atoms with Gasteiger partial charge in [0.05, 0.1) is 10.2 Å². The summed E-state index contributed by atoms with van der Waals surface area (Å²) in [5.41, 5.74) is -0.685. The largest absolute Gasteiger partial charge is 0.436 e. The van der Waals surface area contributed by atoms with Crippen molar-refractivity contribution in [3.05, 3.63) is 15.9 Å². The standard InChI is InChI=1S/C14H19BrF3N3O/c1-8-4-6-20(7-5-8)13(22)10(3)21-9(2)11(15)12(19-21)14(16,17)18/h8,10H,4-7H2,1-3H3. The van der Waals surface area contributed by atoms with E-state index in [0.29, 0.717) is 24.7 Å². The van der Waals surface area contributed by atoms with Crippen LogP contribution in [0, 0.1) is 12.8 Å². The first-order valence-electron chi connectivity index (χ1n) is 7.23. The number of hydrogen-bond acceptors (Lipinski definition) is 2. The molecular formula is C14H19BrF3N3O. The molecule has 1 aromatic heterocycles. The predicted octanol–water partition coefficient (Wildman–Crippen LogP) is 3.79. The van der Waals surface area contributed by atoms with E-state index in [1.807, 2.05) is 0 Å². The first-order chi connectivity index (χ1) is 10.1. The second-order valence-electron chi connectivity index (χ2n) is 5.87. The van der Waals surface area contributed by atoms with Gasteiger partial charge in [-0.05, 0) is 48.5 Å². The minimum absolute atomic E-state index is 0.105. The molecule has 0 saturated carbocycles. The first-order valence-corrected chi connectivity index (χ1v) is 8.02. The SMILES string of the molecule is Cc1c(Br)c(C(F)(F)F)nn1C(C)C(=O)N1CCC(C)CC1. The zero-order valence-electron chi connectivity index (χ0n) is 12.7. The maximum absolute atomic E-state index is 12.9. The van der Waals surface area contributed by atoms with Crippen molar-refractivity contribution in [1.82, 2.24) is 14.7 Å². The Bertz CT molecular complexity index is 562. The van der Waals surface area contributed by atoms with Gasteiger partial charge in [0.1, 0.15) is 6.04 Å². The number of amides is 1. The van der Waals surface area contributed by atoms with Gasteiger partial charge in [0.15, 0.2) is 5.69 Å². The molecule has 22 heavy (non-hydrogen) atoms. The minimum atomic E-state index is -4.54. The zero-order valence-corrected chi connectivity index (χ0v) is 14.3. The van der Waals surface area contributed by atoms with Crippen molar-refractivity contribution >= 4 is 21.8 Å². The van der Waals surface area contributed by atoms with E-state index in [2.05, 4.69) is 28.0 Å². The highest BCUT2D eigenvalue weighted by Gasteiger charge is 2.39. The number of alkyl halides is 3. The summed E-state index contributed by atoms with van der Waals surface area (Å²) in [5, 5.41) is 3.61. The Kier molecular flexibility index (Phi) is 4.89. The number of nitrogens with zero attached hydrogens (tertiary/aromatic N) is 3. The summed E-state index contributed by atoms with van der Waals surface area (Å²) in [5.74, 6) is 0.399. The molecule has 124 valence electrons. The summed E-state index contributed by atoms with van der Waals surface area (Å²) < 4.78 is 39.8. The van der Waals surface area contributed by atoms with Crippen molar-refractivity contribution in [2.75, 3.05) is 13.1 Å². The van der Waals surface area contributed by atoms with E-state index in [1.54, 1.807) is 11.8 Å². The predicted molar refractivity (Wildman–Crippen MR) is 79.4 cm³/mol. The van der Waals surface area contributed by atoms with Gasteiger partial charge in [0.25, 0.3) is 0 Å². The van der Waals surface area contributed by atoms with Gasteiger partial charge in [-0.25, -0.2) is 0 Å². The van der Waals surface area contributed by atoms with Crippen LogP contribution < -0.4 is 0 Å². The summed E-state index contributed by atoms with van der Waals surface area (Å²) in [6.07, 6.45) is -2.69. The number of hydrogen-bond donors (Lipinski definition) is 0. The summed E-state index contributed by atoms with van der Waals surface area (Å²) in [7, 11) is 0. The number of carbonyl (C=O) groups excluding carboxylic acids is 1. The lowest BCUT2D eigenvalue weighted by molar-refractivity contribution is -0.143. The second-order valence-corrected chi connectivity index (χ2v) is 6.67. The average molecular weight is 382 g/mol.